The fourth-order valence-corrected chi connectivity index (χ4v) is 5.92. The van der Waals surface area contributed by atoms with Gasteiger partial charge in [0.1, 0.15) is 23.6 Å². The topological polar surface area (TPSA) is 256 Å². The second-order valence-electron chi connectivity index (χ2n) is 10.4. The first-order chi connectivity index (χ1) is 22.9. The average molecular weight is 707 g/mol. The van der Waals surface area contributed by atoms with Gasteiger partial charge in [0.15, 0.2) is 0 Å². The minimum atomic E-state index is -1.33. The lowest BCUT2D eigenvalue weighted by Crippen LogP contribution is -2.47. The zero-order valence-corrected chi connectivity index (χ0v) is 27.8. The highest BCUT2D eigenvalue weighted by atomic mass is 32.2. The number of amides is 4. The van der Waals surface area contributed by atoms with Crippen molar-refractivity contribution in [3.63, 3.8) is 0 Å². The van der Waals surface area contributed by atoms with Crippen LogP contribution >= 0.6 is 23.5 Å². The maximum Gasteiger partial charge on any atom is 0.405 e. The molecule has 4 amide bonds. The molecular formula is C30H38N6O10S2. The van der Waals surface area contributed by atoms with Crippen LogP contribution in [0, 0.1) is 0 Å². The van der Waals surface area contributed by atoms with Crippen molar-refractivity contribution in [2.75, 3.05) is 60.8 Å². The van der Waals surface area contributed by atoms with Gasteiger partial charge in [0.25, 0.3) is 0 Å². The Balaban J connectivity index is 1.80. The zero-order valence-electron chi connectivity index (χ0n) is 26.2. The average Bonchev–Trinajstić information content (AvgIpc) is 3.04. The summed E-state index contributed by atoms with van der Waals surface area (Å²) in [7, 11) is 0. The van der Waals surface area contributed by atoms with E-state index in [0.29, 0.717) is 11.5 Å². The lowest BCUT2D eigenvalue weighted by atomic mass is 9.81. The Morgan fingerprint density at radius 3 is 1.33 bits per heavy atom. The Morgan fingerprint density at radius 1 is 0.625 bits per heavy atom. The molecule has 3 rings (SSSR count). The lowest BCUT2D eigenvalue weighted by molar-refractivity contribution is -0.123. The molecule has 1 aliphatic carbocycles. The van der Waals surface area contributed by atoms with Gasteiger partial charge in [0.05, 0.1) is 22.3 Å². The Hall–Kier alpha value is -4.84. The van der Waals surface area contributed by atoms with Gasteiger partial charge in [0.2, 0.25) is 23.4 Å². The molecule has 0 spiro atoms. The van der Waals surface area contributed by atoms with Gasteiger partial charge in [-0.2, -0.15) is 23.5 Å². The van der Waals surface area contributed by atoms with E-state index in [0.717, 1.165) is 12.1 Å². The van der Waals surface area contributed by atoms with Gasteiger partial charge in [-0.05, 0) is 61.1 Å². The third-order valence-electron chi connectivity index (χ3n) is 7.20. The predicted octanol–water partition coefficient (Wildman–Crippen LogP) is 1.71. The molecule has 0 heterocycles. The molecule has 0 aliphatic heterocycles. The summed E-state index contributed by atoms with van der Waals surface area (Å²) in [6.45, 7) is 0.205. The predicted molar refractivity (Wildman–Crippen MR) is 182 cm³/mol. The third-order valence-corrected chi connectivity index (χ3v) is 8.49. The number of hydrogen-bond acceptors (Lipinski definition) is 12. The number of phenolic OH excluding ortho intramolecular Hbond substituents is 2. The molecule has 1 aliphatic rings. The Kier molecular flexibility index (Phi) is 14.0. The van der Waals surface area contributed by atoms with Gasteiger partial charge in [-0.15, -0.1) is 0 Å². The number of thioether (sulfide) groups is 2. The van der Waals surface area contributed by atoms with Crippen molar-refractivity contribution in [3.8, 4) is 11.5 Å². The molecule has 16 nitrogen and oxygen atoms in total. The molecule has 2 aromatic carbocycles. The number of ketones is 2. The van der Waals surface area contributed by atoms with Crippen LogP contribution in [0.5, 0.6) is 11.5 Å². The first-order valence-corrected chi connectivity index (χ1v) is 17.5. The Bertz CT molecular complexity index is 1440. The minimum Gasteiger partial charge on any atom is -0.507 e. The fourth-order valence-electron chi connectivity index (χ4n) is 4.98. The third kappa shape index (κ3) is 9.60. The van der Waals surface area contributed by atoms with Gasteiger partial charge in [-0.1, -0.05) is 0 Å². The highest BCUT2D eigenvalue weighted by molar-refractivity contribution is 7.98. The molecule has 0 saturated heterocycles. The van der Waals surface area contributed by atoms with Crippen molar-refractivity contribution in [3.05, 3.63) is 46.5 Å². The van der Waals surface area contributed by atoms with E-state index in [2.05, 4.69) is 31.9 Å². The Morgan fingerprint density at radius 2 is 1.00 bits per heavy atom. The number of benzene rings is 2. The number of aromatic hydroxyl groups is 2. The van der Waals surface area contributed by atoms with Crippen LogP contribution in [0.1, 0.15) is 44.7 Å². The SMILES string of the molecule is CSCCC(NC(=O)O)C(=O)NCCNc1ccc(NCCNC(=O)C(CCSC)NC(=O)O)c2c1C(=O)c1c(O)ccc(O)c1C2=O. The van der Waals surface area contributed by atoms with Crippen molar-refractivity contribution in [2.45, 2.75) is 24.9 Å². The molecule has 10 N–H and O–H groups in total. The number of carbonyl (C=O) groups excluding carboxylic acids is 4. The standard InChI is InChI=1S/C30H38N6O10S2/c1-47-13-7-17(35-29(43)44)27(41)33-11-9-31-15-3-4-16(32-10-12-34-28(42)18(8-14-48-2)36-30(45)46)22-21(15)25(39)23-19(37)5-6-20(38)24(23)26(22)40/h3-6,17-18,31-32,35-38H,7-14H2,1-2H3,(H,33,41)(H,34,42)(H,43,44)(H,45,46). The van der Waals surface area contributed by atoms with E-state index < -0.39 is 59.2 Å². The summed E-state index contributed by atoms with van der Waals surface area (Å²) in [6, 6.07) is 3.31. The van der Waals surface area contributed by atoms with Crippen LogP contribution in [0.25, 0.3) is 0 Å². The molecule has 2 atom stereocenters. The largest absolute Gasteiger partial charge is 0.507 e. The van der Waals surface area contributed by atoms with Crippen LogP contribution in [0.3, 0.4) is 0 Å². The van der Waals surface area contributed by atoms with Crippen molar-refractivity contribution in [1.29, 1.82) is 0 Å². The van der Waals surface area contributed by atoms with E-state index in [4.69, 9.17) is 10.2 Å². The number of carbonyl (C=O) groups is 6. The number of rotatable bonds is 18. The van der Waals surface area contributed by atoms with Gasteiger partial charge in [-0.25, -0.2) is 9.59 Å². The summed E-state index contributed by atoms with van der Waals surface area (Å²) in [6.07, 6.45) is 1.55. The number of fused-ring (bicyclic) bond motifs is 2. The number of carboxylic acid groups (broad SMARTS) is 2. The summed E-state index contributed by atoms with van der Waals surface area (Å²) in [4.78, 5) is 74.9. The molecule has 260 valence electrons. The van der Waals surface area contributed by atoms with Crippen molar-refractivity contribution >= 4 is 70.5 Å². The minimum absolute atomic E-state index is 0.0316. The van der Waals surface area contributed by atoms with Crippen LogP contribution in [-0.2, 0) is 9.59 Å². The van der Waals surface area contributed by atoms with Crippen LogP contribution in [-0.4, -0.2) is 118 Å². The normalized spacial score (nSPS) is 13.0. The maximum absolute atomic E-state index is 13.8. The molecule has 2 aromatic rings. The van der Waals surface area contributed by atoms with Crippen molar-refractivity contribution in [2.24, 2.45) is 0 Å². The second-order valence-corrected chi connectivity index (χ2v) is 12.4. The van der Waals surface area contributed by atoms with Crippen LogP contribution < -0.4 is 31.9 Å². The first kappa shape index (κ1) is 37.6. The number of phenols is 2. The van der Waals surface area contributed by atoms with Gasteiger partial charge < -0.3 is 52.3 Å². The van der Waals surface area contributed by atoms with Gasteiger partial charge >= 0.3 is 12.2 Å². The van der Waals surface area contributed by atoms with E-state index in [1.807, 2.05) is 12.5 Å². The Labute approximate surface area is 284 Å². The molecule has 0 bridgehead atoms. The molecule has 48 heavy (non-hydrogen) atoms. The number of hydrogen-bond donors (Lipinski definition) is 10. The van der Waals surface area contributed by atoms with E-state index in [-0.39, 0.29) is 72.6 Å². The van der Waals surface area contributed by atoms with Crippen molar-refractivity contribution < 1.29 is 49.2 Å². The second kappa shape index (κ2) is 17.9. The van der Waals surface area contributed by atoms with E-state index in [9.17, 15) is 39.0 Å². The van der Waals surface area contributed by atoms with Crippen molar-refractivity contribution in [1.82, 2.24) is 21.3 Å². The summed E-state index contributed by atoms with van der Waals surface area (Å²) in [5.74, 6) is -2.44. The fraction of sp³-hybridized carbons (Fsp3) is 0.400. The van der Waals surface area contributed by atoms with E-state index in [1.165, 1.54) is 35.7 Å². The zero-order chi connectivity index (χ0) is 35.4. The van der Waals surface area contributed by atoms with Crippen LogP contribution in [0.15, 0.2) is 24.3 Å². The van der Waals surface area contributed by atoms with Crippen LogP contribution in [0.2, 0.25) is 0 Å². The maximum atomic E-state index is 13.8. The quantitative estimate of drug-likeness (QED) is 0.0668. The molecule has 0 saturated carbocycles. The van der Waals surface area contributed by atoms with Gasteiger partial charge in [-0.3, -0.25) is 19.2 Å². The molecular weight excluding hydrogens is 668 g/mol. The summed E-state index contributed by atoms with van der Waals surface area (Å²) >= 11 is 2.92. The van der Waals surface area contributed by atoms with E-state index in [1.54, 1.807) is 0 Å². The lowest BCUT2D eigenvalue weighted by Gasteiger charge is -2.25. The summed E-state index contributed by atoms with van der Waals surface area (Å²) in [5.41, 5.74) is -0.532. The summed E-state index contributed by atoms with van der Waals surface area (Å²) < 4.78 is 0. The molecule has 18 heteroatoms. The van der Waals surface area contributed by atoms with E-state index >= 15 is 0 Å². The van der Waals surface area contributed by atoms with Gasteiger partial charge in [0, 0.05) is 37.6 Å². The molecule has 0 aromatic heterocycles. The monoisotopic (exact) mass is 706 g/mol. The highest BCUT2D eigenvalue weighted by Crippen LogP contribution is 2.42. The molecule has 0 radical (unpaired) electrons. The molecule has 0 fully saturated rings. The highest BCUT2D eigenvalue weighted by Gasteiger charge is 2.38. The number of anilines is 2. The summed E-state index contributed by atoms with van der Waals surface area (Å²) in [5, 5.41) is 54.8. The first-order valence-electron chi connectivity index (χ1n) is 14.7. The molecule has 2 unspecified atom stereocenters. The number of nitrogens with one attached hydrogen (secondary N) is 6. The van der Waals surface area contributed by atoms with Crippen LogP contribution in [0.4, 0.5) is 21.0 Å². The smallest absolute Gasteiger partial charge is 0.405 e.